The number of sulfonamides is 1. The fraction of sp³-hybridized carbons (Fsp3) is 0.625. The molecule has 0 unspecified atom stereocenters. The topological polar surface area (TPSA) is 55.4 Å². The van der Waals surface area contributed by atoms with Crippen LogP contribution in [0.3, 0.4) is 0 Å². The molecule has 1 aromatic carbocycles. The molecule has 0 bridgehead atoms. The molecule has 1 fully saturated rings. The number of rotatable bonds is 4. The molecule has 0 radical (unpaired) electrons. The molecule has 1 aromatic rings. The lowest BCUT2D eigenvalue weighted by atomic mass is 9.94. The first kappa shape index (κ1) is 16.5. The van der Waals surface area contributed by atoms with E-state index >= 15 is 0 Å². The molecule has 1 N–H and O–H groups in total. The third kappa shape index (κ3) is 3.84. The van der Waals surface area contributed by atoms with Crippen molar-refractivity contribution in [2.75, 3.05) is 13.2 Å². The number of hydrogen-bond acceptors (Lipinski definition) is 3. The van der Waals surface area contributed by atoms with Crippen molar-refractivity contribution in [3.05, 3.63) is 28.8 Å². The summed E-state index contributed by atoms with van der Waals surface area (Å²) >= 11 is 0. The third-order valence-corrected chi connectivity index (χ3v) is 6.05. The molecule has 1 heterocycles. The zero-order valence-electron chi connectivity index (χ0n) is 13.3. The van der Waals surface area contributed by atoms with Crippen LogP contribution in [-0.4, -0.2) is 27.7 Å². The zero-order chi connectivity index (χ0) is 15.6. The van der Waals surface area contributed by atoms with E-state index in [4.69, 9.17) is 4.74 Å². The molecule has 1 aliphatic heterocycles. The number of benzene rings is 1. The molecule has 4 nitrogen and oxygen atoms in total. The number of aryl methyl sites for hydroxylation is 3. The molecule has 0 aliphatic carbocycles. The van der Waals surface area contributed by atoms with Gasteiger partial charge in [0.15, 0.2) is 0 Å². The molecule has 21 heavy (non-hydrogen) atoms. The summed E-state index contributed by atoms with van der Waals surface area (Å²) in [4.78, 5) is 0.423. The molecule has 2 rings (SSSR count). The highest BCUT2D eigenvalue weighted by Crippen LogP contribution is 2.24. The number of hydrogen-bond donors (Lipinski definition) is 1. The molecule has 1 atom stereocenters. The van der Waals surface area contributed by atoms with Crippen molar-refractivity contribution in [1.82, 2.24) is 4.72 Å². The van der Waals surface area contributed by atoms with Crippen LogP contribution >= 0.6 is 0 Å². The summed E-state index contributed by atoms with van der Waals surface area (Å²) in [6, 6.07) is 3.76. The Balaban J connectivity index is 2.22. The van der Waals surface area contributed by atoms with Crippen LogP contribution in [0, 0.1) is 26.7 Å². The van der Waals surface area contributed by atoms with Gasteiger partial charge in [-0.2, -0.15) is 0 Å². The minimum Gasteiger partial charge on any atom is -0.381 e. The Morgan fingerprint density at radius 2 is 1.67 bits per heavy atom. The maximum atomic E-state index is 12.7. The van der Waals surface area contributed by atoms with E-state index in [2.05, 4.69) is 4.72 Å². The van der Waals surface area contributed by atoms with Crippen molar-refractivity contribution in [2.24, 2.45) is 5.92 Å². The summed E-state index contributed by atoms with van der Waals surface area (Å²) in [5.41, 5.74) is 2.69. The van der Waals surface area contributed by atoms with Crippen LogP contribution in [0.5, 0.6) is 0 Å². The average Bonchev–Trinajstić information content (AvgIpc) is 2.37. The SMILES string of the molecule is Cc1cc(C)c(S(=O)(=O)N[C@H](C)C2CCOCC2)c(C)c1. The molecule has 0 aromatic heterocycles. The van der Waals surface area contributed by atoms with Gasteiger partial charge < -0.3 is 4.74 Å². The van der Waals surface area contributed by atoms with E-state index in [0.29, 0.717) is 10.8 Å². The highest BCUT2D eigenvalue weighted by molar-refractivity contribution is 7.89. The molecule has 118 valence electrons. The van der Waals surface area contributed by atoms with Crippen molar-refractivity contribution < 1.29 is 13.2 Å². The van der Waals surface area contributed by atoms with E-state index in [1.165, 1.54) is 0 Å². The van der Waals surface area contributed by atoms with Crippen molar-refractivity contribution in [3.8, 4) is 0 Å². The molecule has 0 saturated carbocycles. The summed E-state index contributed by atoms with van der Waals surface area (Å²) in [6.07, 6.45) is 1.82. The molecule has 0 spiro atoms. The van der Waals surface area contributed by atoms with Gasteiger partial charge in [0.05, 0.1) is 4.90 Å². The normalized spacial score (nSPS) is 18.7. The van der Waals surface area contributed by atoms with Crippen LogP contribution in [0.15, 0.2) is 17.0 Å². The van der Waals surface area contributed by atoms with Gasteiger partial charge in [-0.25, -0.2) is 13.1 Å². The first-order chi connectivity index (χ1) is 9.81. The summed E-state index contributed by atoms with van der Waals surface area (Å²) in [5.74, 6) is 0.347. The van der Waals surface area contributed by atoms with E-state index in [1.807, 2.05) is 39.8 Å². The van der Waals surface area contributed by atoms with Gasteiger partial charge in [-0.15, -0.1) is 0 Å². The molecule has 5 heteroatoms. The maximum Gasteiger partial charge on any atom is 0.241 e. The summed E-state index contributed by atoms with van der Waals surface area (Å²) < 4.78 is 33.6. The number of ether oxygens (including phenoxy) is 1. The smallest absolute Gasteiger partial charge is 0.241 e. The monoisotopic (exact) mass is 311 g/mol. The van der Waals surface area contributed by atoms with Crippen molar-refractivity contribution in [3.63, 3.8) is 0 Å². The van der Waals surface area contributed by atoms with Gasteiger partial charge in [-0.3, -0.25) is 0 Å². The largest absolute Gasteiger partial charge is 0.381 e. The highest BCUT2D eigenvalue weighted by atomic mass is 32.2. The Kier molecular flexibility index (Phi) is 5.07. The lowest BCUT2D eigenvalue weighted by Crippen LogP contribution is -2.40. The first-order valence-electron chi connectivity index (χ1n) is 7.49. The third-order valence-electron chi connectivity index (χ3n) is 4.19. The van der Waals surface area contributed by atoms with Crippen LogP contribution in [0.2, 0.25) is 0 Å². The molecule has 1 aliphatic rings. The summed E-state index contributed by atoms with van der Waals surface area (Å²) in [6.45, 7) is 9.08. The fourth-order valence-corrected chi connectivity index (χ4v) is 4.97. The minimum absolute atomic E-state index is 0.0704. The van der Waals surface area contributed by atoms with Crippen molar-refractivity contribution in [1.29, 1.82) is 0 Å². The van der Waals surface area contributed by atoms with Crippen LogP contribution < -0.4 is 4.72 Å². The Hall–Kier alpha value is -0.910. The summed E-state index contributed by atoms with van der Waals surface area (Å²) in [7, 11) is -3.48. The lowest BCUT2D eigenvalue weighted by molar-refractivity contribution is 0.0585. The molecule has 1 saturated heterocycles. The standard InChI is InChI=1S/C16H25NO3S/c1-11-9-12(2)16(13(3)10-11)21(18,19)17-14(4)15-5-7-20-8-6-15/h9-10,14-15,17H,5-8H2,1-4H3/t14-/m1/s1. The average molecular weight is 311 g/mol. The van der Waals surface area contributed by atoms with Gasteiger partial charge in [0.2, 0.25) is 10.0 Å². The molecule has 0 amide bonds. The second-order valence-corrected chi connectivity index (χ2v) is 7.74. The summed E-state index contributed by atoms with van der Waals surface area (Å²) in [5, 5.41) is 0. The Morgan fingerprint density at radius 1 is 1.14 bits per heavy atom. The van der Waals surface area contributed by atoms with Gasteiger partial charge >= 0.3 is 0 Å². The molecular formula is C16H25NO3S. The van der Waals surface area contributed by atoms with Gasteiger partial charge in [0, 0.05) is 19.3 Å². The zero-order valence-corrected chi connectivity index (χ0v) is 14.1. The first-order valence-corrected chi connectivity index (χ1v) is 8.97. The Bertz CT molecular complexity index is 581. The molecular weight excluding hydrogens is 286 g/mol. The van der Waals surface area contributed by atoms with E-state index in [-0.39, 0.29) is 6.04 Å². The van der Waals surface area contributed by atoms with Gasteiger partial charge in [-0.05, 0) is 57.6 Å². The van der Waals surface area contributed by atoms with Crippen LogP contribution in [-0.2, 0) is 14.8 Å². The fourth-order valence-electron chi connectivity index (χ4n) is 3.21. The Labute approximate surface area is 127 Å². The predicted octanol–water partition coefficient (Wildman–Crippen LogP) is 2.71. The van der Waals surface area contributed by atoms with Crippen LogP contribution in [0.1, 0.15) is 36.5 Å². The minimum atomic E-state index is -3.48. The quantitative estimate of drug-likeness (QED) is 0.930. The van der Waals surface area contributed by atoms with Crippen LogP contribution in [0.25, 0.3) is 0 Å². The maximum absolute atomic E-state index is 12.7. The predicted molar refractivity (Wildman–Crippen MR) is 84.0 cm³/mol. The van der Waals surface area contributed by atoms with Gasteiger partial charge in [0.25, 0.3) is 0 Å². The lowest BCUT2D eigenvalue weighted by Gasteiger charge is -2.28. The second-order valence-electron chi connectivity index (χ2n) is 6.09. The Morgan fingerprint density at radius 3 is 2.19 bits per heavy atom. The van der Waals surface area contributed by atoms with Gasteiger partial charge in [0.1, 0.15) is 0 Å². The van der Waals surface area contributed by atoms with E-state index in [1.54, 1.807) is 0 Å². The van der Waals surface area contributed by atoms with Crippen molar-refractivity contribution >= 4 is 10.0 Å². The second kappa shape index (κ2) is 6.46. The van der Waals surface area contributed by atoms with E-state index < -0.39 is 10.0 Å². The van der Waals surface area contributed by atoms with E-state index in [9.17, 15) is 8.42 Å². The highest BCUT2D eigenvalue weighted by Gasteiger charge is 2.27. The number of nitrogens with one attached hydrogen (secondary N) is 1. The van der Waals surface area contributed by atoms with E-state index in [0.717, 1.165) is 42.7 Å². The van der Waals surface area contributed by atoms with Crippen LogP contribution in [0.4, 0.5) is 0 Å². The van der Waals surface area contributed by atoms with Gasteiger partial charge in [-0.1, -0.05) is 17.7 Å². The van der Waals surface area contributed by atoms with Crippen molar-refractivity contribution in [2.45, 2.75) is 51.5 Å².